The summed E-state index contributed by atoms with van der Waals surface area (Å²) in [6.45, 7) is 3.27. The SMILES string of the molecule is Cc1[nH]c2ccccc2c1C(=O)CN(C)CCOc1ccc(F)cc1. The summed E-state index contributed by atoms with van der Waals surface area (Å²) in [4.78, 5) is 17.9. The third kappa shape index (κ3) is 4.06. The van der Waals surface area contributed by atoms with Gasteiger partial charge in [0.15, 0.2) is 5.78 Å². The monoisotopic (exact) mass is 340 g/mol. The molecule has 2 aromatic carbocycles. The molecule has 5 heteroatoms. The van der Waals surface area contributed by atoms with E-state index in [0.717, 1.165) is 22.2 Å². The van der Waals surface area contributed by atoms with Crippen molar-refractivity contribution in [2.75, 3.05) is 26.7 Å². The lowest BCUT2D eigenvalue weighted by atomic mass is 10.1. The molecular formula is C20H21FN2O2. The average molecular weight is 340 g/mol. The zero-order valence-corrected chi connectivity index (χ0v) is 14.4. The van der Waals surface area contributed by atoms with Gasteiger partial charge in [-0.15, -0.1) is 0 Å². The zero-order chi connectivity index (χ0) is 17.8. The van der Waals surface area contributed by atoms with Crippen LogP contribution in [-0.4, -0.2) is 42.4 Å². The molecule has 0 spiro atoms. The fraction of sp³-hybridized carbons (Fsp3) is 0.250. The fourth-order valence-corrected chi connectivity index (χ4v) is 2.89. The number of ether oxygens (including phenoxy) is 1. The Hall–Kier alpha value is -2.66. The smallest absolute Gasteiger partial charge is 0.179 e. The van der Waals surface area contributed by atoms with Gasteiger partial charge in [-0.1, -0.05) is 18.2 Å². The summed E-state index contributed by atoms with van der Waals surface area (Å²) in [7, 11) is 1.89. The molecule has 0 bridgehead atoms. The molecule has 1 aromatic heterocycles. The predicted molar refractivity (Wildman–Crippen MR) is 96.8 cm³/mol. The highest BCUT2D eigenvalue weighted by Crippen LogP contribution is 2.22. The second-order valence-corrected chi connectivity index (χ2v) is 6.13. The molecule has 0 fully saturated rings. The number of aromatic amines is 1. The summed E-state index contributed by atoms with van der Waals surface area (Å²) in [6.07, 6.45) is 0. The number of para-hydroxylation sites is 1. The van der Waals surface area contributed by atoms with E-state index in [1.807, 2.05) is 43.1 Å². The van der Waals surface area contributed by atoms with Crippen molar-refractivity contribution < 1.29 is 13.9 Å². The van der Waals surface area contributed by atoms with Gasteiger partial charge in [-0.2, -0.15) is 0 Å². The van der Waals surface area contributed by atoms with Crippen LogP contribution in [0.2, 0.25) is 0 Å². The lowest BCUT2D eigenvalue weighted by Crippen LogP contribution is -2.30. The number of hydrogen-bond acceptors (Lipinski definition) is 3. The van der Waals surface area contributed by atoms with Gasteiger partial charge in [0, 0.05) is 28.7 Å². The molecule has 4 nitrogen and oxygen atoms in total. The lowest BCUT2D eigenvalue weighted by Gasteiger charge is -2.16. The number of likely N-dealkylation sites (N-methyl/N-ethyl adjacent to an activating group) is 1. The van der Waals surface area contributed by atoms with E-state index in [4.69, 9.17) is 4.74 Å². The van der Waals surface area contributed by atoms with E-state index in [1.54, 1.807) is 12.1 Å². The summed E-state index contributed by atoms with van der Waals surface area (Å²) in [5.74, 6) is 0.414. The van der Waals surface area contributed by atoms with Crippen molar-refractivity contribution in [2.45, 2.75) is 6.92 Å². The number of aromatic nitrogens is 1. The second kappa shape index (κ2) is 7.49. The predicted octanol–water partition coefficient (Wildman–Crippen LogP) is 3.81. The Labute approximate surface area is 146 Å². The number of carbonyl (C=O) groups is 1. The summed E-state index contributed by atoms with van der Waals surface area (Å²) in [5.41, 5.74) is 2.62. The van der Waals surface area contributed by atoms with Crippen molar-refractivity contribution >= 4 is 16.7 Å². The van der Waals surface area contributed by atoms with Crippen LogP contribution in [0.25, 0.3) is 10.9 Å². The summed E-state index contributed by atoms with van der Waals surface area (Å²) >= 11 is 0. The molecule has 0 atom stereocenters. The van der Waals surface area contributed by atoms with Crippen molar-refractivity contribution in [3.63, 3.8) is 0 Å². The highest BCUT2D eigenvalue weighted by molar-refractivity contribution is 6.10. The van der Waals surface area contributed by atoms with E-state index in [0.29, 0.717) is 25.4 Å². The van der Waals surface area contributed by atoms with Crippen LogP contribution in [-0.2, 0) is 0 Å². The largest absolute Gasteiger partial charge is 0.492 e. The quantitative estimate of drug-likeness (QED) is 0.665. The Balaban J connectivity index is 1.56. The van der Waals surface area contributed by atoms with Crippen LogP contribution < -0.4 is 4.74 Å². The van der Waals surface area contributed by atoms with Crippen LogP contribution in [0.1, 0.15) is 16.1 Å². The molecule has 1 N–H and O–H groups in total. The number of halogens is 1. The number of aryl methyl sites for hydroxylation is 1. The Morgan fingerprint density at radius 1 is 1.16 bits per heavy atom. The van der Waals surface area contributed by atoms with E-state index < -0.39 is 0 Å². The molecule has 0 aliphatic heterocycles. The van der Waals surface area contributed by atoms with Crippen LogP contribution in [0.3, 0.4) is 0 Å². The first-order valence-corrected chi connectivity index (χ1v) is 8.22. The molecule has 3 aromatic rings. The number of Topliss-reactive ketones (excluding diaryl/α,β-unsaturated/α-hetero) is 1. The first kappa shape index (κ1) is 17.2. The standard InChI is InChI=1S/C20H21FN2O2/c1-14-20(17-5-3-4-6-18(17)22-14)19(24)13-23(2)11-12-25-16-9-7-15(21)8-10-16/h3-10,22H,11-13H2,1-2H3. The summed E-state index contributed by atoms with van der Waals surface area (Å²) in [6, 6.07) is 13.7. The van der Waals surface area contributed by atoms with Crippen LogP contribution in [0.5, 0.6) is 5.75 Å². The molecule has 0 saturated carbocycles. The maximum absolute atomic E-state index is 12.9. The van der Waals surface area contributed by atoms with Crippen LogP contribution in [0.15, 0.2) is 48.5 Å². The van der Waals surface area contributed by atoms with Crippen LogP contribution in [0, 0.1) is 12.7 Å². The highest BCUT2D eigenvalue weighted by Gasteiger charge is 2.17. The van der Waals surface area contributed by atoms with E-state index in [-0.39, 0.29) is 11.6 Å². The number of H-pyrrole nitrogens is 1. The molecule has 0 radical (unpaired) electrons. The molecule has 0 saturated heterocycles. The first-order chi connectivity index (χ1) is 12.0. The van der Waals surface area contributed by atoms with Crippen molar-refractivity contribution in [3.05, 3.63) is 65.6 Å². The minimum Gasteiger partial charge on any atom is -0.492 e. The maximum Gasteiger partial charge on any atom is 0.179 e. The van der Waals surface area contributed by atoms with Crippen LogP contribution in [0.4, 0.5) is 4.39 Å². The van der Waals surface area contributed by atoms with Gasteiger partial charge in [0.2, 0.25) is 0 Å². The average Bonchev–Trinajstić information content (AvgIpc) is 2.92. The van der Waals surface area contributed by atoms with E-state index in [9.17, 15) is 9.18 Å². The molecule has 3 rings (SSSR count). The number of hydrogen-bond donors (Lipinski definition) is 1. The maximum atomic E-state index is 12.9. The molecule has 0 unspecified atom stereocenters. The van der Waals surface area contributed by atoms with Crippen molar-refractivity contribution in [3.8, 4) is 5.75 Å². The number of ketones is 1. The van der Waals surface area contributed by atoms with Gasteiger partial charge < -0.3 is 9.72 Å². The lowest BCUT2D eigenvalue weighted by molar-refractivity contribution is 0.0939. The highest BCUT2D eigenvalue weighted by atomic mass is 19.1. The number of benzene rings is 2. The molecule has 0 amide bonds. The van der Waals surface area contributed by atoms with Gasteiger partial charge in [0.25, 0.3) is 0 Å². The number of rotatable bonds is 7. The fourth-order valence-electron chi connectivity index (χ4n) is 2.89. The molecular weight excluding hydrogens is 319 g/mol. The van der Waals surface area contributed by atoms with Gasteiger partial charge in [-0.25, -0.2) is 4.39 Å². The number of nitrogens with zero attached hydrogens (tertiary/aromatic N) is 1. The van der Waals surface area contributed by atoms with Gasteiger partial charge in [-0.05, 0) is 44.3 Å². The number of fused-ring (bicyclic) bond motifs is 1. The molecule has 25 heavy (non-hydrogen) atoms. The third-order valence-electron chi connectivity index (χ3n) is 4.14. The number of carbonyl (C=O) groups excluding carboxylic acids is 1. The molecule has 1 heterocycles. The van der Waals surface area contributed by atoms with Gasteiger partial charge >= 0.3 is 0 Å². The van der Waals surface area contributed by atoms with Crippen LogP contribution >= 0.6 is 0 Å². The molecule has 0 aliphatic rings. The second-order valence-electron chi connectivity index (χ2n) is 6.13. The van der Waals surface area contributed by atoms with E-state index in [2.05, 4.69) is 4.98 Å². The van der Waals surface area contributed by atoms with E-state index in [1.165, 1.54) is 12.1 Å². The number of nitrogens with one attached hydrogen (secondary N) is 1. The zero-order valence-electron chi connectivity index (χ0n) is 14.4. The van der Waals surface area contributed by atoms with Crippen molar-refractivity contribution in [2.24, 2.45) is 0 Å². The van der Waals surface area contributed by atoms with Crippen molar-refractivity contribution in [1.82, 2.24) is 9.88 Å². The molecule has 0 aliphatic carbocycles. The van der Waals surface area contributed by atoms with Crippen molar-refractivity contribution in [1.29, 1.82) is 0 Å². The van der Waals surface area contributed by atoms with E-state index >= 15 is 0 Å². The Kier molecular flexibility index (Phi) is 5.14. The Bertz CT molecular complexity index is 871. The minimum absolute atomic E-state index is 0.0826. The Morgan fingerprint density at radius 3 is 2.64 bits per heavy atom. The summed E-state index contributed by atoms with van der Waals surface area (Å²) in [5, 5.41) is 0.959. The van der Waals surface area contributed by atoms with Gasteiger partial charge in [-0.3, -0.25) is 9.69 Å². The molecule has 130 valence electrons. The topological polar surface area (TPSA) is 45.3 Å². The van der Waals surface area contributed by atoms with Gasteiger partial charge in [0.05, 0.1) is 6.54 Å². The normalized spacial score (nSPS) is 11.2. The summed E-state index contributed by atoms with van der Waals surface area (Å²) < 4.78 is 18.4. The third-order valence-corrected chi connectivity index (χ3v) is 4.14. The minimum atomic E-state index is -0.288. The Morgan fingerprint density at radius 2 is 1.88 bits per heavy atom. The first-order valence-electron chi connectivity index (χ1n) is 8.22. The van der Waals surface area contributed by atoms with Gasteiger partial charge in [0.1, 0.15) is 18.2 Å².